The second-order valence-corrected chi connectivity index (χ2v) is 10.00. The third kappa shape index (κ3) is 2.73. The highest BCUT2D eigenvalue weighted by molar-refractivity contribution is 7.99. The molecule has 0 spiro atoms. The molecule has 6 rings (SSSR count). The average Bonchev–Trinajstić information content (AvgIpc) is 3.18. The van der Waals surface area contributed by atoms with Crippen molar-refractivity contribution in [3.63, 3.8) is 0 Å². The molecule has 3 aliphatic rings. The van der Waals surface area contributed by atoms with E-state index in [1.807, 2.05) is 0 Å². The summed E-state index contributed by atoms with van der Waals surface area (Å²) in [5.74, 6) is -0.576. The van der Waals surface area contributed by atoms with E-state index < -0.39 is 11.6 Å². The number of hydrogen-bond acceptors (Lipinski definition) is 8. The lowest BCUT2D eigenvalue weighted by atomic mass is 9.85. The van der Waals surface area contributed by atoms with Crippen LogP contribution in [-0.2, 0) is 33.0 Å². The molecule has 8 nitrogen and oxygen atoms in total. The lowest BCUT2D eigenvalue weighted by molar-refractivity contribution is -0.174. The molecule has 176 valence electrons. The number of nitrogens with zero attached hydrogens (tertiary/aromatic N) is 2. The molecule has 34 heavy (non-hydrogen) atoms. The van der Waals surface area contributed by atoms with E-state index in [-0.39, 0.29) is 54.7 Å². The van der Waals surface area contributed by atoms with Crippen LogP contribution in [-0.4, -0.2) is 40.1 Å². The number of aromatic nitrogens is 2. The van der Waals surface area contributed by atoms with Gasteiger partial charge in [0.25, 0.3) is 5.56 Å². The first-order valence-corrected chi connectivity index (χ1v) is 11.9. The van der Waals surface area contributed by atoms with Crippen molar-refractivity contribution in [3.05, 3.63) is 56.1 Å². The van der Waals surface area contributed by atoms with Gasteiger partial charge < -0.3 is 24.9 Å². The van der Waals surface area contributed by atoms with Gasteiger partial charge in [-0.2, -0.15) is 0 Å². The van der Waals surface area contributed by atoms with Crippen molar-refractivity contribution in [1.29, 1.82) is 0 Å². The topological polar surface area (TPSA) is 117 Å². The zero-order valence-electron chi connectivity index (χ0n) is 18.6. The molecule has 0 saturated carbocycles. The number of cyclic esters (lactones) is 1. The van der Waals surface area contributed by atoms with Gasteiger partial charge in [0.2, 0.25) is 0 Å². The highest BCUT2D eigenvalue weighted by Gasteiger charge is 2.46. The van der Waals surface area contributed by atoms with Crippen LogP contribution in [0.5, 0.6) is 0 Å². The minimum atomic E-state index is -2.00. The number of pyridine rings is 2. The SMILES string of the molecule is COCC[C@@]1(O)C(=O)OCc2c1cc1n(c2=O)Cc2c-1nc1cc(F)c(C)c3c1c2C(N)CS3. The Morgan fingerprint density at radius 2 is 2.18 bits per heavy atom. The van der Waals surface area contributed by atoms with Gasteiger partial charge in [-0.25, -0.2) is 14.2 Å². The number of ether oxygens (including phenoxy) is 2. The summed E-state index contributed by atoms with van der Waals surface area (Å²) in [4.78, 5) is 31.7. The number of hydrogen-bond donors (Lipinski definition) is 2. The van der Waals surface area contributed by atoms with Gasteiger partial charge in [-0.05, 0) is 24.1 Å². The van der Waals surface area contributed by atoms with E-state index in [0.29, 0.717) is 28.2 Å². The van der Waals surface area contributed by atoms with Crippen LogP contribution >= 0.6 is 11.8 Å². The first kappa shape index (κ1) is 21.7. The molecule has 0 aliphatic carbocycles. The summed E-state index contributed by atoms with van der Waals surface area (Å²) in [6.45, 7) is 1.89. The van der Waals surface area contributed by atoms with Crippen LogP contribution in [0.15, 0.2) is 21.8 Å². The fourth-order valence-corrected chi connectivity index (χ4v) is 6.49. The Bertz CT molecular complexity index is 1490. The highest BCUT2D eigenvalue weighted by atomic mass is 32.2. The zero-order chi connectivity index (χ0) is 23.9. The summed E-state index contributed by atoms with van der Waals surface area (Å²) in [6, 6.07) is 2.74. The van der Waals surface area contributed by atoms with E-state index in [1.54, 1.807) is 17.6 Å². The Labute approximate surface area is 197 Å². The molecule has 0 fully saturated rings. The molecule has 3 aliphatic heterocycles. The molecule has 1 unspecified atom stereocenters. The Morgan fingerprint density at radius 1 is 1.38 bits per heavy atom. The Kier molecular flexibility index (Phi) is 4.70. The molecular formula is C24H22FN3O5S. The summed E-state index contributed by atoms with van der Waals surface area (Å²) in [7, 11) is 1.46. The lowest BCUT2D eigenvalue weighted by Crippen LogP contribution is -2.45. The number of thioether (sulfide) groups is 1. The van der Waals surface area contributed by atoms with Crippen LogP contribution in [0.25, 0.3) is 22.3 Å². The van der Waals surface area contributed by atoms with E-state index in [0.717, 1.165) is 21.4 Å². The van der Waals surface area contributed by atoms with Gasteiger partial charge in [-0.3, -0.25) is 4.79 Å². The van der Waals surface area contributed by atoms with Gasteiger partial charge in [0.05, 0.1) is 29.0 Å². The standard InChI is InChI=1S/C24H22FN3O5S/c1-10-14(25)6-16-19-18(15(26)9-34-21(10)19)11-7-28-17(20(11)27-16)5-13-12(22(28)29)8-33-23(30)24(13,31)3-4-32-2/h5-6,15,31H,3-4,7-9,26H2,1-2H3/t15?,24-/m0/s1. The molecule has 2 atom stereocenters. The average molecular weight is 484 g/mol. The smallest absolute Gasteiger partial charge is 0.343 e. The van der Waals surface area contributed by atoms with Gasteiger partial charge in [0.15, 0.2) is 5.60 Å². The van der Waals surface area contributed by atoms with E-state index in [1.165, 1.54) is 24.9 Å². The number of nitrogens with two attached hydrogens (primary N) is 1. The zero-order valence-corrected chi connectivity index (χ0v) is 19.4. The molecule has 0 radical (unpaired) electrons. The first-order valence-electron chi connectivity index (χ1n) is 11.0. The summed E-state index contributed by atoms with van der Waals surface area (Å²) in [5.41, 5.74) is 8.33. The maximum absolute atomic E-state index is 14.7. The predicted molar refractivity (Wildman–Crippen MR) is 123 cm³/mol. The second kappa shape index (κ2) is 7.35. The summed E-state index contributed by atoms with van der Waals surface area (Å²) in [5, 5.41) is 12.1. The fourth-order valence-electron chi connectivity index (χ4n) is 5.31. The first-order chi connectivity index (χ1) is 16.3. The van der Waals surface area contributed by atoms with Crippen molar-refractivity contribution in [2.24, 2.45) is 5.73 Å². The monoisotopic (exact) mass is 483 g/mol. The normalized spacial score (nSPS) is 22.4. The quantitative estimate of drug-likeness (QED) is 0.426. The van der Waals surface area contributed by atoms with E-state index in [4.69, 9.17) is 20.2 Å². The minimum Gasteiger partial charge on any atom is -0.458 e. The summed E-state index contributed by atoms with van der Waals surface area (Å²) in [6.07, 6.45) is -0.0581. The molecule has 5 heterocycles. The molecule has 3 aromatic rings. The van der Waals surface area contributed by atoms with Crippen molar-refractivity contribution in [1.82, 2.24) is 9.55 Å². The van der Waals surface area contributed by atoms with Crippen LogP contribution in [0.3, 0.4) is 0 Å². The van der Waals surface area contributed by atoms with Crippen molar-refractivity contribution in [2.75, 3.05) is 19.5 Å². The number of carbonyl (C=O) groups is 1. The largest absolute Gasteiger partial charge is 0.458 e. The molecule has 10 heteroatoms. The lowest BCUT2D eigenvalue weighted by Gasteiger charge is -2.32. The number of halogens is 1. The van der Waals surface area contributed by atoms with Crippen LogP contribution in [0.4, 0.5) is 4.39 Å². The van der Waals surface area contributed by atoms with Gasteiger partial charge in [-0.15, -0.1) is 11.8 Å². The highest BCUT2D eigenvalue weighted by Crippen LogP contribution is 2.47. The predicted octanol–water partition coefficient (Wildman–Crippen LogP) is 2.26. The molecule has 0 saturated heterocycles. The van der Waals surface area contributed by atoms with E-state index in [2.05, 4.69) is 0 Å². The molecular weight excluding hydrogens is 461 g/mol. The van der Waals surface area contributed by atoms with Crippen LogP contribution in [0.2, 0.25) is 0 Å². The van der Waals surface area contributed by atoms with Crippen molar-refractivity contribution in [2.45, 2.75) is 43.0 Å². The summed E-state index contributed by atoms with van der Waals surface area (Å²) < 4.78 is 26.5. The molecule has 1 aromatic carbocycles. The number of benzene rings is 1. The second-order valence-electron chi connectivity index (χ2n) is 8.97. The third-order valence-electron chi connectivity index (χ3n) is 7.09. The maximum atomic E-state index is 14.7. The van der Waals surface area contributed by atoms with E-state index >= 15 is 0 Å². The Balaban J connectivity index is 1.65. The molecule has 0 amide bonds. The number of methoxy groups -OCH3 is 1. The number of esters is 1. The number of fused-ring (bicyclic) bond motifs is 5. The number of aliphatic hydroxyl groups is 1. The van der Waals surface area contributed by atoms with Gasteiger partial charge in [-0.1, -0.05) is 0 Å². The number of rotatable bonds is 3. The third-order valence-corrected chi connectivity index (χ3v) is 8.42. The van der Waals surface area contributed by atoms with Gasteiger partial charge in [0, 0.05) is 59.4 Å². The summed E-state index contributed by atoms with van der Waals surface area (Å²) >= 11 is 1.52. The maximum Gasteiger partial charge on any atom is 0.343 e. The van der Waals surface area contributed by atoms with Gasteiger partial charge >= 0.3 is 5.97 Å². The van der Waals surface area contributed by atoms with Crippen LogP contribution < -0.4 is 11.3 Å². The minimum absolute atomic E-state index is 0.0581. The molecule has 3 N–H and O–H groups in total. The van der Waals surface area contributed by atoms with Crippen molar-refractivity contribution < 1.29 is 23.8 Å². The van der Waals surface area contributed by atoms with Crippen LogP contribution in [0.1, 0.15) is 40.3 Å². The molecule has 2 aromatic heterocycles. The fraction of sp³-hybridized carbons (Fsp3) is 0.375. The Morgan fingerprint density at radius 3 is 2.94 bits per heavy atom. The Hall–Kier alpha value is -2.79. The van der Waals surface area contributed by atoms with Crippen molar-refractivity contribution in [3.8, 4) is 11.4 Å². The van der Waals surface area contributed by atoms with E-state index in [9.17, 15) is 19.1 Å². The molecule has 0 bridgehead atoms. The van der Waals surface area contributed by atoms with Crippen molar-refractivity contribution >= 4 is 28.6 Å². The number of carbonyl (C=O) groups excluding carboxylic acids is 1. The van der Waals surface area contributed by atoms with Crippen LogP contribution in [0, 0.1) is 12.7 Å². The van der Waals surface area contributed by atoms with Gasteiger partial charge in [0.1, 0.15) is 12.4 Å².